The van der Waals surface area contributed by atoms with Gasteiger partial charge in [0.25, 0.3) is 0 Å². The first-order valence-corrected chi connectivity index (χ1v) is 15.0. The number of amides is 1. The number of nitrogens with zero attached hydrogens (tertiary/aromatic N) is 1. The van der Waals surface area contributed by atoms with Crippen molar-refractivity contribution in [2.45, 2.75) is 52.6 Å². The van der Waals surface area contributed by atoms with Crippen LogP contribution in [0.15, 0.2) is 63.3 Å². The van der Waals surface area contributed by atoms with E-state index in [1.807, 2.05) is 45.9 Å². The number of ether oxygens (including phenoxy) is 3. The van der Waals surface area contributed by atoms with Gasteiger partial charge in [0.1, 0.15) is 33.7 Å². The monoisotopic (exact) mass is 615 g/mol. The van der Waals surface area contributed by atoms with E-state index in [1.165, 1.54) is 13.2 Å². The van der Waals surface area contributed by atoms with Gasteiger partial charge in [-0.25, -0.2) is 4.79 Å². The summed E-state index contributed by atoms with van der Waals surface area (Å²) in [5, 5.41) is 12.0. The van der Waals surface area contributed by atoms with Gasteiger partial charge in [-0.05, 0) is 83.2 Å². The molecule has 9 heteroatoms. The summed E-state index contributed by atoms with van der Waals surface area (Å²) in [6, 6.07) is 10.2. The lowest BCUT2D eigenvalue weighted by Gasteiger charge is -2.28. The fourth-order valence-corrected chi connectivity index (χ4v) is 5.65. The predicted octanol–water partition coefficient (Wildman–Crippen LogP) is 8.42. The Hall–Kier alpha value is -4.43. The highest BCUT2D eigenvalue weighted by Gasteiger charge is 2.31. The van der Waals surface area contributed by atoms with E-state index >= 15 is 0 Å². The third kappa shape index (κ3) is 5.62. The summed E-state index contributed by atoms with van der Waals surface area (Å²) in [7, 11) is 1.46. The minimum Gasteiger partial charge on any atom is -0.506 e. The van der Waals surface area contributed by atoms with Gasteiger partial charge in [-0.2, -0.15) is 0 Å². The van der Waals surface area contributed by atoms with Crippen LogP contribution in [0.5, 0.6) is 23.0 Å². The van der Waals surface area contributed by atoms with Gasteiger partial charge in [0.05, 0.1) is 18.1 Å². The molecule has 228 valence electrons. The number of phenolic OH excluding ortho intramolecular Hbond substituents is 1. The van der Waals surface area contributed by atoms with Crippen LogP contribution in [-0.2, 0) is 6.42 Å². The van der Waals surface area contributed by atoms with Crippen molar-refractivity contribution in [3.8, 4) is 23.0 Å². The van der Waals surface area contributed by atoms with Crippen LogP contribution >= 0.6 is 11.6 Å². The Morgan fingerprint density at radius 2 is 1.91 bits per heavy atom. The molecule has 0 unspecified atom stereocenters. The molecular weight excluding hydrogens is 582 g/mol. The molecule has 0 spiro atoms. The number of anilines is 1. The fourth-order valence-electron chi connectivity index (χ4n) is 5.46. The molecule has 0 radical (unpaired) electrons. The molecule has 2 heterocycles. The highest BCUT2D eigenvalue weighted by molar-refractivity contribution is 6.30. The minimum absolute atomic E-state index is 0.0334. The van der Waals surface area contributed by atoms with Crippen LogP contribution < -0.4 is 24.5 Å². The number of rotatable bonds is 7. The first-order valence-electron chi connectivity index (χ1n) is 14.6. The third-order valence-electron chi connectivity index (χ3n) is 7.87. The molecule has 1 aliphatic heterocycles. The van der Waals surface area contributed by atoms with E-state index in [0.717, 1.165) is 18.4 Å². The lowest BCUT2D eigenvalue weighted by Crippen LogP contribution is -2.35. The van der Waals surface area contributed by atoms with Crippen LogP contribution in [0, 0.1) is 5.92 Å². The summed E-state index contributed by atoms with van der Waals surface area (Å²) in [5.74, 6) is 0.884. The number of fused-ring (bicyclic) bond motifs is 3. The van der Waals surface area contributed by atoms with Gasteiger partial charge in [0, 0.05) is 35.0 Å². The van der Waals surface area contributed by atoms with E-state index < -0.39 is 17.1 Å². The summed E-state index contributed by atoms with van der Waals surface area (Å²) in [6.45, 7) is 8.16. The average Bonchev–Trinajstić information content (AvgIpc) is 3.78. The first-order chi connectivity index (χ1) is 21.0. The molecule has 0 bridgehead atoms. The number of phenols is 1. The predicted molar refractivity (Wildman–Crippen MR) is 173 cm³/mol. The summed E-state index contributed by atoms with van der Waals surface area (Å²) in [5.41, 5.74) is 1.82. The molecule has 1 aromatic heterocycles. The molecule has 1 fully saturated rings. The quantitative estimate of drug-likeness (QED) is 0.165. The zero-order valence-electron chi connectivity index (χ0n) is 25.3. The molecule has 0 atom stereocenters. The number of allylic oxidation sites excluding steroid dienone is 2. The molecule has 4 aromatic rings. The van der Waals surface area contributed by atoms with Crippen molar-refractivity contribution in [1.29, 1.82) is 0 Å². The Bertz CT molecular complexity index is 1930. The maximum absolute atomic E-state index is 14.2. The molecule has 1 amide bonds. The maximum atomic E-state index is 14.2. The average molecular weight is 616 g/mol. The second-order valence-corrected chi connectivity index (χ2v) is 12.6. The Kier molecular flexibility index (Phi) is 7.58. The Morgan fingerprint density at radius 3 is 2.59 bits per heavy atom. The largest absolute Gasteiger partial charge is 0.506 e. The number of hydrogen-bond donors (Lipinski definition) is 1. The summed E-state index contributed by atoms with van der Waals surface area (Å²) in [4.78, 5) is 29.5. The normalized spacial score (nSPS) is 15.0. The fraction of sp³-hybridized carbons (Fsp3) is 0.314. The zero-order chi connectivity index (χ0) is 31.3. The summed E-state index contributed by atoms with van der Waals surface area (Å²) in [6.07, 6.45) is 7.27. The standard InChI is InChI=1S/C35H34ClNO7/c1-19(2)9-12-24-29-26(42-27-16-25-23(13-14-35(3,4)44-25)31(38)30(27)32(29)39)17-28(33(24)41-5)43-34(40)37(18-20-10-11-20)22-8-6-7-21(36)15-22/h6-9,13-17,20,38H,10-12,18H2,1-5H3. The van der Waals surface area contributed by atoms with E-state index in [0.29, 0.717) is 46.5 Å². The highest BCUT2D eigenvalue weighted by atomic mass is 35.5. The Morgan fingerprint density at radius 1 is 1.16 bits per heavy atom. The van der Waals surface area contributed by atoms with Crippen LogP contribution in [0.25, 0.3) is 28.0 Å². The summed E-state index contributed by atoms with van der Waals surface area (Å²) >= 11 is 6.26. The number of carbonyl (C=O) groups excluding carboxylic acids is 1. The lowest BCUT2D eigenvalue weighted by atomic mass is 9.97. The smallest absolute Gasteiger partial charge is 0.419 e. The molecule has 0 saturated heterocycles. The second-order valence-electron chi connectivity index (χ2n) is 12.1. The highest BCUT2D eigenvalue weighted by Crippen LogP contribution is 2.44. The van der Waals surface area contributed by atoms with Crippen molar-refractivity contribution in [3.05, 3.63) is 80.5 Å². The molecule has 1 saturated carbocycles. The van der Waals surface area contributed by atoms with Gasteiger partial charge >= 0.3 is 6.09 Å². The number of methoxy groups -OCH3 is 1. The Balaban J connectivity index is 1.54. The number of benzene rings is 3. The van der Waals surface area contributed by atoms with E-state index in [-0.39, 0.29) is 39.2 Å². The van der Waals surface area contributed by atoms with Crippen LogP contribution in [0.4, 0.5) is 10.5 Å². The summed E-state index contributed by atoms with van der Waals surface area (Å²) < 4.78 is 24.2. The molecule has 1 aliphatic carbocycles. The van der Waals surface area contributed by atoms with Gasteiger partial charge in [-0.1, -0.05) is 29.3 Å². The molecular formula is C35H34ClNO7. The number of halogens is 1. The van der Waals surface area contributed by atoms with E-state index in [9.17, 15) is 14.7 Å². The van der Waals surface area contributed by atoms with Gasteiger partial charge in [-0.3, -0.25) is 9.69 Å². The van der Waals surface area contributed by atoms with E-state index in [2.05, 4.69) is 0 Å². The topological polar surface area (TPSA) is 98.4 Å². The van der Waals surface area contributed by atoms with Crippen LogP contribution in [0.1, 0.15) is 51.7 Å². The van der Waals surface area contributed by atoms with Crippen molar-refractivity contribution in [1.82, 2.24) is 0 Å². The molecule has 3 aromatic carbocycles. The van der Waals surface area contributed by atoms with Crippen molar-refractivity contribution in [3.63, 3.8) is 0 Å². The van der Waals surface area contributed by atoms with Crippen molar-refractivity contribution >= 4 is 51.4 Å². The number of hydrogen-bond acceptors (Lipinski definition) is 7. The first kappa shape index (κ1) is 29.6. The van der Waals surface area contributed by atoms with Crippen LogP contribution in [0.3, 0.4) is 0 Å². The molecule has 8 nitrogen and oxygen atoms in total. The lowest BCUT2D eigenvalue weighted by molar-refractivity contribution is 0.158. The maximum Gasteiger partial charge on any atom is 0.419 e. The molecule has 44 heavy (non-hydrogen) atoms. The van der Waals surface area contributed by atoms with Gasteiger partial charge in [-0.15, -0.1) is 0 Å². The van der Waals surface area contributed by atoms with E-state index in [4.69, 9.17) is 30.2 Å². The van der Waals surface area contributed by atoms with Gasteiger partial charge in [0.15, 0.2) is 11.5 Å². The number of carbonyl (C=O) groups is 1. The van der Waals surface area contributed by atoms with Gasteiger partial charge in [0.2, 0.25) is 5.43 Å². The second kappa shape index (κ2) is 11.2. The van der Waals surface area contributed by atoms with Crippen LogP contribution in [0.2, 0.25) is 5.02 Å². The third-order valence-corrected chi connectivity index (χ3v) is 8.10. The molecule has 6 rings (SSSR count). The van der Waals surface area contributed by atoms with Crippen molar-refractivity contribution in [2.24, 2.45) is 5.92 Å². The molecule has 2 aliphatic rings. The van der Waals surface area contributed by atoms with Crippen molar-refractivity contribution < 1.29 is 28.5 Å². The van der Waals surface area contributed by atoms with Crippen LogP contribution in [-0.4, -0.2) is 30.5 Å². The number of aromatic hydroxyl groups is 1. The van der Waals surface area contributed by atoms with Crippen molar-refractivity contribution in [2.75, 3.05) is 18.6 Å². The van der Waals surface area contributed by atoms with E-state index in [1.54, 1.807) is 35.2 Å². The minimum atomic E-state index is -0.609. The SMILES string of the molecule is COc1c(OC(=O)N(CC2CC2)c2cccc(Cl)c2)cc2oc3cc4c(c(O)c3c(=O)c2c1CC=C(C)C)C=CC(C)(C)O4. The zero-order valence-corrected chi connectivity index (χ0v) is 26.1. The van der Waals surface area contributed by atoms with Gasteiger partial charge < -0.3 is 23.7 Å². The molecule has 1 N–H and O–H groups in total. The Labute approximate surface area is 260 Å².